The van der Waals surface area contributed by atoms with E-state index in [1.54, 1.807) is 12.1 Å². The van der Waals surface area contributed by atoms with E-state index < -0.39 is 26.7 Å². The van der Waals surface area contributed by atoms with Crippen molar-refractivity contribution in [2.45, 2.75) is 38.7 Å². The number of amides is 2. The first-order valence-corrected chi connectivity index (χ1v) is 9.55. The van der Waals surface area contributed by atoms with Crippen LogP contribution in [0.5, 0.6) is 5.75 Å². The summed E-state index contributed by atoms with van der Waals surface area (Å²) in [5.74, 6) is -0.783. The van der Waals surface area contributed by atoms with Crippen molar-refractivity contribution >= 4 is 21.8 Å². The highest BCUT2D eigenvalue weighted by Crippen LogP contribution is 2.25. The highest BCUT2D eigenvalue weighted by molar-refractivity contribution is 7.89. The topological polar surface area (TPSA) is 141 Å². The number of carbonyl (C=O) groups excluding carboxylic acids is 2. The molecule has 1 aromatic carbocycles. The van der Waals surface area contributed by atoms with E-state index in [0.717, 1.165) is 0 Å². The van der Waals surface area contributed by atoms with Crippen LogP contribution in [0.4, 0.5) is 0 Å². The summed E-state index contributed by atoms with van der Waals surface area (Å²) in [4.78, 5) is 24.1. The molecule has 1 aromatic heterocycles. The van der Waals surface area contributed by atoms with Crippen molar-refractivity contribution in [1.82, 2.24) is 10.9 Å². The Kier molecular flexibility index (Phi) is 5.91. The molecule has 9 nitrogen and oxygen atoms in total. The third kappa shape index (κ3) is 4.86. The van der Waals surface area contributed by atoms with Crippen LogP contribution in [0.1, 0.15) is 46.1 Å². The van der Waals surface area contributed by atoms with Crippen molar-refractivity contribution in [3.63, 3.8) is 0 Å². The van der Waals surface area contributed by atoms with Crippen molar-refractivity contribution in [3.05, 3.63) is 46.9 Å². The van der Waals surface area contributed by atoms with Gasteiger partial charge in [0.25, 0.3) is 11.8 Å². The summed E-state index contributed by atoms with van der Waals surface area (Å²) in [5.41, 5.74) is 4.40. The molecule has 146 valence electrons. The van der Waals surface area contributed by atoms with Crippen molar-refractivity contribution in [1.29, 1.82) is 0 Å². The Morgan fingerprint density at radius 2 is 1.59 bits per heavy atom. The van der Waals surface area contributed by atoms with E-state index in [9.17, 15) is 18.0 Å². The lowest BCUT2D eigenvalue weighted by molar-refractivity contribution is 0.0844. The predicted molar refractivity (Wildman–Crippen MR) is 96.7 cm³/mol. The second kappa shape index (κ2) is 7.80. The smallest absolute Gasteiger partial charge is 0.274 e. The zero-order valence-corrected chi connectivity index (χ0v) is 16.1. The summed E-state index contributed by atoms with van der Waals surface area (Å²) < 4.78 is 34.1. The molecule has 1 heterocycles. The summed E-state index contributed by atoms with van der Waals surface area (Å²) >= 11 is 0. The Morgan fingerprint density at radius 3 is 2.11 bits per heavy atom. The standard InChI is InChI=1S/C17H21N3O6S/c1-9(2)25-13-7-5-12(6-8-13)16(21)19-20-17(22)14-10(3)26-11(4)15(14)27(18,23)24/h5-9H,1-4H3,(H,19,21)(H,20,22)(H2,18,23,24). The lowest BCUT2D eigenvalue weighted by Gasteiger charge is -2.11. The normalized spacial score (nSPS) is 11.3. The van der Waals surface area contributed by atoms with E-state index in [4.69, 9.17) is 14.3 Å². The van der Waals surface area contributed by atoms with Gasteiger partial charge in [-0.15, -0.1) is 0 Å². The van der Waals surface area contributed by atoms with Crippen LogP contribution in [0.25, 0.3) is 0 Å². The molecular weight excluding hydrogens is 374 g/mol. The highest BCUT2D eigenvalue weighted by atomic mass is 32.2. The minimum absolute atomic E-state index is 0.00126. The maximum Gasteiger partial charge on any atom is 0.274 e. The van der Waals surface area contributed by atoms with E-state index in [1.807, 2.05) is 13.8 Å². The molecule has 0 saturated heterocycles. The second-order valence-corrected chi connectivity index (χ2v) is 7.56. The van der Waals surface area contributed by atoms with Crippen LogP contribution < -0.4 is 20.7 Å². The molecule has 0 bridgehead atoms. The Labute approximate surface area is 156 Å². The number of hydrogen-bond donors (Lipinski definition) is 3. The third-order valence-corrected chi connectivity index (χ3v) is 4.56. The summed E-state index contributed by atoms with van der Waals surface area (Å²) in [5, 5.41) is 5.14. The fraction of sp³-hybridized carbons (Fsp3) is 0.294. The number of ether oxygens (including phenoxy) is 1. The fourth-order valence-corrected chi connectivity index (χ4v) is 3.44. The van der Waals surface area contributed by atoms with Gasteiger partial charge in [-0.05, 0) is 52.0 Å². The lowest BCUT2D eigenvalue weighted by atomic mass is 10.2. The maximum atomic E-state index is 12.3. The monoisotopic (exact) mass is 395 g/mol. The van der Waals surface area contributed by atoms with Gasteiger partial charge in [-0.25, -0.2) is 13.6 Å². The molecular formula is C17H21N3O6S. The lowest BCUT2D eigenvalue weighted by Crippen LogP contribution is -2.42. The number of nitrogens with two attached hydrogens (primary N) is 1. The van der Waals surface area contributed by atoms with Crippen LogP contribution in [0.2, 0.25) is 0 Å². The SMILES string of the molecule is Cc1oc(C)c(S(N)(=O)=O)c1C(=O)NNC(=O)c1ccc(OC(C)C)cc1. The Balaban J connectivity index is 2.11. The van der Waals surface area contributed by atoms with Crippen molar-refractivity contribution in [2.75, 3.05) is 0 Å². The van der Waals surface area contributed by atoms with Crippen LogP contribution in [0.15, 0.2) is 33.6 Å². The Morgan fingerprint density at radius 1 is 1.04 bits per heavy atom. The summed E-state index contributed by atoms with van der Waals surface area (Å²) in [6.45, 7) is 6.56. The van der Waals surface area contributed by atoms with Crippen molar-refractivity contribution in [2.24, 2.45) is 5.14 Å². The summed E-state index contributed by atoms with van der Waals surface area (Å²) in [7, 11) is -4.18. The second-order valence-electron chi connectivity index (χ2n) is 6.06. The molecule has 0 fully saturated rings. The molecule has 0 aliphatic rings. The fourth-order valence-electron chi connectivity index (χ4n) is 2.47. The Bertz CT molecular complexity index is 961. The first kappa shape index (κ1) is 20.5. The van der Waals surface area contributed by atoms with E-state index in [1.165, 1.54) is 26.0 Å². The molecule has 2 rings (SSSR count). The molecule has 10 heteroatoms. The van der Waals surface area contributed by atoms with Crippen LogP contribution in [-0.4, -0.2) is 26.3 Å². The van der Waals surface area contributed by atoms with E-state index >= 15 is 0 Å². The molecule has 27 heavy (non-hydrogen) atoms. The van der Waals surface area contributed by atoms with E-state index in [0.29, 0.717) is 5.75 Å². The maximum absolute atomic E-state index is 12.3. The molecule has 2 aromatic rings. The quantitative estimate of drug-likeness (QED) is 0.654. The number of hydrazine groups is 1. The molecule has 0 saturated carbocycles. The van der Waals surface area contributed by atoms with Crippen LogP contribution in [0.3, 0.4) is 0 Å². The summed E-state index contributed by atoms with van der Waals surface area (Å²) in [6.07, 6.45) is -0.00126. The van der Waals surface area contributed by atoms with Gasteiger partial charge in [0.15, 0.2) is 0 Å². The number of benzene rings is 1. The van der Waals surface area contributed by atoms with Crippen molar-refractivity contribution < 1.29 is 27.2 Å². The van der Waals surface area contributed by atoms with Crippen LogP contribution >= 0.6 is 0 Å². The average Bonchev–Trinajstić information content (AvgIpc) is 2.86. The number of rotatable bonds is 5. The van der Waals surface area contributed by atoms with Gasteiger partial charge < -0.3 is 9.15 Å². The molecule has 0 atom stereocenters. The largest absolute Gasteiger partial charge is 0.491 e. The van der Waals surface area contributed by atoms with Gasteiger partial charge in [0, 0.05) is 5.56 Å². The number of primary sulfonamides is 1. The summed E-state index contributed by atoms with van der Waals surface area (Å²) in [6, 6.07) is 6.31. The molecule has 0 unspecified atom stereocenters. The third-order valence-electron chi connectivity index (χ3n) is 3.49. The van der Waals surface area contributed by atoms with Gasteiger partial charge in [0.05, 0.1) is 6.10 Å². The minimum Gasteiger partial charge on any atom is -0.491 e. The molecule has 0 spiro atoms. The molecule has 0 aliphatic carbocycles. The molecule has 4 N–H and O–H groups in total. The number of sulfonamides is 1. The van der Waals surface area contributed by atoms with Gasteiger partial charge in [0.2, 0.25) is 10.0 Å². The number of carbonyl (C=O) groups is 2. The van der Waals surface area contributed by atoms with E-state index in [2.05, 4.69) is 10.9 Å². The number of aryl methyl sites for hydroxylation is 2. The first-order valence-electron chi connectivity index (χ1n) is 8.01. The molecule has 0 radical (unpaired) electrons. The molecule has 2 amide bonds. The van der Waals surface area contributed by atoms with Gasteiger partial charge >= 0.3 is 0 Å². The Hall–Kier alpha value is -2.85. The van der Waals surface area contributed by atoms with Crippen LogP contribution in [0, 0.1) is 13.8 Å². The molecule has 0 aliphatic heterocycles. The van der Waals surface area contributed by atoms with Gasteiger partial charge in [-0.1, -0.05) is 0 Å². The van der Waals surface area contributed by atoms with Gasteiger partial charge in [-0.3, -0.25) is 20.4 Å². The van der Waals surface area contributed by atoms with Crippen molar-refractivity contribution in [3.8, 4) is 5.75 Å². The van der Waals surface area contributed by atoms with Crippen LogP contribution in [-0.2, 0) is 10.0 Å². The number of nitrogens with one attached hydrogen (secondary N) is 2. The number of furan rings is 1. The predicted octanol–water partition coefficient (Wildman–Crippen LogP) is 1.41. The zero-order chi connectivity index (χ0) is 20.4. The minimum atomic E-state index is -4.18. The first-order chi connectivity index (χ1) is 12.5. The highest BCUT2D eigenvalue weighted by Gasteiger charge is 2.28. The number of hydrogen-bond acceptors (Lipinski definition) is 6. The van der Waals surface area contributed by atoms with Gasteiger partial charge in [-0.2, -0.15) is 0 Å². The zero-order valence-electron chi connectivity index (χ0n) is 15.3. The van der Waals surface area contributed by atoms with Gasteiger partial charge in [0.1, 0.15) is 27.7 Å². The van der Waals surface area contributed by atoms with E-state index in [-0.39, 0.29) is 28.8 Å². The average molecular weight is 395 g/mol.